The van der Waals surface area contributed by atoms with E-state index in [-0.39, 0.29) is 18.4 Å². The lowest BCUT2D eigenvalue weighted by atomic mass is 10.1. The molecule has 100 valence electrons. The number of carbonyl (C=O) groups excluding carboxylic acids is 2. The number of rotatable bonds is 3. The summed E-state index contributed by atoms with van der Waals surface area (Å²) in [5.74, 6) is -0.589. The zero-order valence-electron chi connectivity index (χ0n) is 10.7. The van der Waals surface area contributed by atoms with E-state index in [4.69, 9.17) is 5.73 Å². The molecule has 2 N–H and O–H groups in total. The monoisotopic (exact) mass is 267 g/mol. The Balaban J connectivity index is 1.84. The Morgan fingerprint density at radius 2 is 1.60 bits per heavy atom. The third-order valence-electron chi connectivity index (χ3n) is 3.33. The lowest BCUT2D eigenvalue weighted by molar-refractivity contribution is 0.0644. The summed E-state index contributed by atoms with van der Waals surface area (Å²) in [6.45, 7) is 0.128. The predicted molar refractivity (Wildman–Crippen MR) is 73.0 cm³/mol. The number of fused-ring (bicyclic) bond motifs is 1. The lowest BCUT2D eigenvalue weighted by Crippen LogP contribution is -2.36. The van der Waals surface area contributed by atoms with Gasteiger partial charge in [0.25, 0.3) is 11.8 Å². The Bertz CT molecular complexity index is 635. The number of imide groups is 1. The first-order valence-electron chi connectivity index (χ1n) is 6.30. The van der Waals surface area contributed by atoms with Crippen molar-refractivity contribution in [3.05, 3.63) is 65.5 Å². The summed E-state index contributed by atoms with van der Waals surface area (Å²) in [7, 11) is 0. The maximum atomic E-state index is 12.2. The Morgan fingerprint density at radius 3 is 2.15 bits per heavy atom. The van der Waals surface area contributed by atoms with Crippen LogP contribution in [0.1, 0.15) is 32.5 Å². The summed E-state index contributed by atoms with van der Waals surface area (Å²) in [5.41, 5.74) is 7.55. The van der Waals surface area contributed by atoms with Gasteiger partial charge in [0.1, 0.15) is 0 Å². The van der Waals surface area contributed by atoms with Crippen LogP contribution in [0, 0.1) is 0 Å². The largest absolute Gasteiger partial charge is 0.321 e. The molecular formula is C15H13N3O2. The van der Waals surface area contributed by atoms with Gasteiger partial charge < -0.3 is 5.73 Å². The van der Waals surface area contributed by atoms with Crippen molar-refractivity contribution in [1.29, 1.82) is 0 Å². The highest BCUT2D eigenvalue weighted by Crippen LogP contribution is 2.24. The zero-order chi connectivity index (χ0) is 14.1. The SMILES string of the molecule is NC(CN1C(=O)c2ccccc2C1=O)c1ccccn1. The van der Waals surface area contributed by atoms with Crippen molar-refractivity contribution in [2.24, 2.45) is 5.73 Å². The molecule has 1 aliphatic rings. The molecule has 0 radical (unpaired) electrons. The molecule has 1 aromatic carbocycles. The Morgan fingerprint density at radius 1 is 1.00 bits per heavy atom. The predicted octanol–water partition coefficient (Wildman–Crippen LogP) is 1.38. The molecule has 0 bridgehead atoms. The third kappa shape index (κ3) is 1.98. The smallest absolute Gasteiger partial charge is 0.261 e. The Kier molecular flexibility index (Phi) is 3.04. The van der Waals surface area contributed by atoms with Gasteiger partial charge >= 0.3 is 0 Å². The van der Waals surface area contributed by atoms with Crippen LogP contribution < -0.4 is 5.73 Å². The molecule has 20 heavy (non-hydrogen) atoms. The normalized spacial score (nSPS) is 15.3. The van der Waals surface area contributed by atoms with E-state index in [9.17, 15) is 9.59 Å². The van der Waals surface area contributed by atoms with Crippen molar-refractivity contribution >= 4 is 11.8 Å². The number of hydrogen-bond donors (Lipinski definition) is 1. The van der Waals surface area contributed by atoms with Gasteiger partial charge in [0.15, 0.2) is 0 Å². The van der Waals surface area contributed by atoms with Gasteiger partial charge in [-0.1, -0.05) is 18.2 Å². The molecular weight excluding hydrogens is 254 g/mol. The fraction of sp³-hybridized carbons (Fsp3) is 0.133. The van der Waals surface area contributed by atoms with Crippen LogP contribution in [0.2, 0.25) is 0 Å². The molecule has 2 aromatic rings. The molecule has 2 amide bonds. The maximum Gasteiger partial charge on any atom is 0.261 e. The second-order valence-corrected chi connectivity index (χ2v) is 4.63. The van der Waals surface area contributed by atoms with Crippen molar-refractivity contribution in [1.82, 2.24) is 9.88 Å². The van der Waals surface area contributed by atoms with Gasteiger partial charge in [-0.2, -0.15) is 0 Å². The van der Waals surface area contributed by atoms with Crippen LogP contribution in [0.3, 0.4) is 0 Å². The Labute approximate surface area is 116 Å². The molecule has 0 saturated carbocycles. The molecule has 0 aliphatic carbocycles. The molecule has 5 nitrogen and oxygen atoms in total. The summed E-state index contributed by atoms with van der Waals surface area (Å²) < 4.78 is 0. The second-order valence-electron chi connectivity index (χ2n) is 4.63. The van der Waals surface area contributed by atoms with E-state index in [1.807, 2.05) is 6.07 Å². The number of hydrogen-bond acceptors (Lipinski definition) is 4. The van der Waals surface area contributed by atoms with Gasteiger partial charge in [-0.05, 0) is 24.3 Å². The van der Waals surface area contributed by atoms with Crippen LogP contribution in [-0.4, -0.2) is 28.2 Å². The van der Waals surface area contributed by atoms with Crippen LogP contribution >= 0.6 is 0 Å². The van der Waals surface area contributed by atoms with Gasteiger partial charge in [-0.25, -0.2) is 0 Å². The van der Waals surface area contributed by atoms with Crippen molar-refractivity contribution in [2.45, 2.75) is 6.04 Å². The van der Waals surface area contributed by atoms with E-state index >= 15 is 0 Å². The molecule has 0 spiro atoms. The highest BCUT2D eigenvalue weighted by atomic mass is 16.2. The minimum atomic E-state index is -0.488. The summed E-state index contributed by atoms with van der Waals surface area (Å²) >= 11 is 0. The van der Waals surface area contributed by atoms with Gasteiger partial charge in [-0.15, -0.1) is 0 Å². The summed E-state index contributed by atoms with van der Waals surface area (Å²) in [5, 5.41) is 0. The molecule has 5 heteroatoms. The molecule has 1 atom stereocenters. The van der Waals surface area contributed by atoms with Crippen LogP contribution in [0.5, 0.6) is 0 Å². The van der Waals surface area contributed by atoms with Crippen molar-refractivity contribution in [3.8, 4) is 0 Å². The van der Waals surface area contributed by atoms with E-state index in [1.54, 1.807) is 42.6 Å². The zero-order valence-corrected chi connectivity index (χ0v) is 10.7. The molecule has 1 aliphatic heterocycles. The van der Waals surface area contributed by atoms with Crippen LogP contribution in [0.15, 0.2) is 48.7 Å². The Hall–Kier alpha value is -2.53. The van der Waals surface area contributed by atoms with Gasteiger partial charge in [-0.3, -0.25) is 19.5 Å². The van der Waals surface area contributed by atoms with E-state index in [1.165, 1.54) is 4.90 Å². The minimum absolute atomic E-state index is 0.128. The number of carbonyl (C=O) groups is 2. The first-order chi connectivity index (χ1) is 9.68. The second kappa shape index (κ2) is 4.86. The highest BCUT2D eigenvalue weighted by Gasteiger charge is 2.36. The molecule has 1 unspecified atom stereocenters. The topological polar surface area (TPSA) is 76.3 Å². The van der Waals surface area contributed by atoms with E-state index in [2.05, 4.69) is 4.98 Å². The van der Waals surface area contributed by atoms with Crippen molar-refractivity contribution in [3.63, 3.8) is 0 Å². The van der Waals surface area contributed by atoms with E-state index in [0.717, 1.165) is 0 Å². The molecule has 2 heterocycles. The number of nitrogens with zero attached hydrogens (tertiary/aromatic N) is 2. The minimum Gasteiger partial charge on any atom is -0.321 e. The van der Waals surface area contributed by atoms with Crippen molar-refractivity contribution in [2.75, 3.05) is 6.54 Å². The number of pyridine rings is 1. The van der Waals surface area contributed by atoms with E-state index < -0.39 is 6.04 Å². The van der Waals surface area contributed by atoms with Crippen molar-refractivity contribution < 1.29 is 9.59 Å². The van der Waals surface area contributed by atoms with Crippen LogP contribution in [0.25, 0.3) is 0 Å². The standard InChI is InChI=1S/C15H13N3O2/c16-12(13-7-3-4-8-17-13)9-18-14(19)10-5-1-2-6-11(10)15(18)20/h1-8,12H,9,16H2. The van der Waals surface area contributed by atoms with Gasteiger partial charge in [0, 0.05) is 6.20 Å². The van der Waals surface area contributed by atoms with Crippen LogP contribution in [-0.2, 0) is 0 Å². The van der Waals surface area contributed by atoms with Crippen LogP contribution in [0.4, 0.5) is 0 Å². The van der Waals surface area contributed by atoms with Gasteiger partial charge in [0.2, 0.25) is 0 Å². The highest BCUT2D eigenvalue weighted by molar-refractivity contribution is 6.21. The number of nitrogens with two attached hydrogens (primary N) is 1. The average molecular weight is 267 g/mol. The summed E-state index contributed by atoms with van der Waals surface area (Å²) in [4.78, 5) is 29.7. The molecule has 0 fully saturated rings. The summed E-state index contributed by atoms with van der Waals surface area (Å²) in [6, 6.07) is 11.7. The number of benzene rings is 1. The number of aromatic nitrogens is 1. The fourth-order valence-corrected chi connectivity index (χ4v) is 2.29. The van der Waals surface area contributed by atoms with Gasteiger partial charge in [0.05, 0.1) is 29.4 Å². The first kappa shape index (κ1) is 12.5. The average Bonchev–Trinajstić information content (AvgIpc) is 2.74. The summed E-state index contributed by atoms with van der Waals surface area (Å²) in [6.07, 6.45) is 1.64. The molecule has 0 saturated heterocycles. The van der Waals surface area contributed by atoms with E-state index in [0.29, 0.717) is 16.8 Å². The quantitative estimate of drug-likeness (QED) is 0.852. The lowest BCUT2D eigenvalue weighted by Gasteiger charge is -2.18. The first-order valence-corrected chi connectivity index (χ1v) is 6.30. The number of amides is 2. The maximum absolute atomic E-state index is 12.2. The molecule has 3 rings (SSSR count). The third-order valence-corrected chi connectivity index (χ3v) is 3.33. The fourth-order valence-electron chi connectivity index (χ4n) is 2.29. The molecule has 1 aromatic heterocycles.